The van der Waals surface area contributed by atoms with Crippen LogP contribution in [-0.4, -0.2) is 137 Å². The third kappa shape index (κ3) is 9.33. The molecule has 3 saturated heterocycles. The first-order valence-corrected chi connectivity index (χ1v) is 23.6. The molecule has 360 valence electrons. The van der Waals surface area contributed by atoms with Gasteiger partial charge in [-0.05, 0) is 100 Å². The number of ether oxygens (including phenoxy) is 1. The first-order valence-electron chi connectivity index (χ1n) is 23.6. The number of anilines is 4. The van der Waals surface area contributed by atoms with Crippen molar-refractivity contribution in [1.82, 2.24) is 35.3 Å². The summed E-state index contributed by atoms with van der Waals surface area (Å²) in [5.74, 6) is -6.12. The smallest absolute Gasteiger partial charge is 0.342 e. The molecule has 1 atom stereocenters. The number of carbonyl (C=O) groups is 7. The van der Waals surface area contributed by atoms with E-state index < -0.39 is 48.0 Å². The highest BCUT2D eigenvalue weighted by Gasteiger charge is 2.49. The van der Waals surface area contributed by atoms with Crippen LogP contribution in [0.1, 0.15) is 114 Å². The van der Waals surface area contributed by atoms with E-state index in [-0.39, 0.29) is 59.8 Å². The number of carbonyl (C=O) groups excluding carboxylic acids is 7. The molecule has 3 aromatic rings. The van der Waals surface area contributed by atoms with Crippen molar-refractivity contribution in [3.63, 3.8) is 0 Å². The normalized spacial score (nSPS) is 21.7. The molecule has 2 aromatic carbocycles. The average molecular weight is 939 g/mol. The Morgan fingerprint density at radius 2 is 1.68 bits per heavy atom. The molecule has 18 nitrogen and oxygen atoms in total. The summed E-state index contributed by atoms with van der Waals surface area (Å²) in [6.45, 7) is 2.30. The second-order valence-electron chi connectivity index (χ2n) is 18.8. The molecule has 1 aliphatic carbocycles. The molecule has 4 fully saturated rings. The predicted molar refractivity (Wildman–Crippen MR) is 244 cm³/mol. The van der Waals surface area contributed by atoms with E-state index in [1.807, 2.05) is 11.0 Å². The summed E-state index contributed by atoms with van der Waals surface area (Å²) in [5.41, 5.74) is 2.33. The number of benzene rings is 2. The summed E-state index contributed by atoms with van der Waals surface area (Å²) >= 11 is 0. The van der Waals surface area contributed by atoms with Crippen LogP contribution in [0.5, 0.6) is 5.75 Å². The zero-order valence-corrected chi connectivity index (χ0v) is 38.2. The van der Waals surface area contributed by atoms with Crippen LogP contribution in [0, 0.1) is 5.92 Å². The molecule has 0 spiro atoms. The lowest BCUT2D eigenvalue weighted by Crippen LogP contribution is -2.54. The predicted octanol–water partition coefficient (Wildman–Crippen LogP) is 4.40. The SMILES string of the molecule is COc1cc(C(=O)NC2CCN(C(=O)CCC3CCN(Cc4cccc5c4C(=O)N(C4CCC(=O)NC4=O)C5=O)CC3)CC2)ccc1Nc1ncc2c(n1)N(C1CCCC1)CC(F)(F)C(=O)N2C. The molecule has 9 rings (SSSR count). The second kappa shape index (κ2) is 19.2. The summed E-state index contributed by atoms with van der Waals surface area (Å²) in [7, 11) is 2.77. The lowest BCUT2D eigenvalue weighted by Gasteiger charge is -2.34. The van der Waals surface area contributed by atoms with Crippen molar-refractivity contribution in [2.75, 3.05) is 62.0 Å². The number of amides is 7. The Morgan fingerprint density at radius 1 is 0.926 bits per heavy atom. The Bertz CT molecular complexity index is 2520. The maximum Gasteiger partial charge on any atom is 0.342 e. The first kappa shape index (κ1) is 46.5. The Morgan fingerprint density at radius 3 is 2.40 bits per heavy atom. The molecule has 1 saturated carbocycles. The number of hydrogen-bond donors (Lipinski definition) is 3. The lowest BCUT2D eigenvalue weighted by atomic mass is 9.91. The summed E-state index contributed by atoms with van der Waals surface area (Å²) in [5, 5.41) is 8.44. The fourth-order valence-electron chi connectivity index (χ4n) is 10.6. The van der Waals surface area contributed by atoms with Crippen LogP contribution in [0.2, 0.25) is 0 Å². The topological polar surface area (TPSA) is 207 Å². The number of nitrogens with zero attached hydrogens (tertiary/aromatic N) is 7. The highest BCUT2D eigenvalue weighted by molar-refractivity contribution is 6.24. The number of alkyl halides is 2. The van der Waals surface area contributed by atoms with Gasteiger partial charge in [0, 0.05) is 57.2 Å². The summed E-state index contributed by atoms with van der Waals surface area (Å²) < 4.78 is 35.8. The van der Waals surface area contributed by atoms with Crippen LogP contribution in [0.15, 0.2) is 42.6 Å². The van der Waals surface area contributed by atoms with Gasteiger partial charge in [0.05, 0.1) is 36.7 Å². The molecule has 0 bridgehead atoms. The van der Waals surface area contributed by atoms with Gasteiger partial charge in [-0.25, -0.2) is 4.98 Å². The van der Waals surface area contributed by atoms with Gasteiger partial charge in [0.25, 0.3) is 23.6 Å². The van der Waals surface area contributed by atoms with Gasteiger partial charge >= 0.3 is 5.92 Å². The number of rotatable bonds is 12. The highest BCUT2D eigenvalue weighted by atomic mass is 19.3. The van der Waals surface area contributed by atoms with Crippen LogP contribution >= 0.6 is 0 Å². The van der Waals surface area contributed by atoms with Crippen molar-refractivity contribution in [2.45, 2.75) is 108 Å². The van der Waals surface area contributed by atoms with E-state index in [0.717, 1.165) is 60.6 Å². The summed E-state index contributed by atoms with van der Waals surface area (Å²) in [6.07, 6.45) is 8.95. The van der Waals surface area contributed by atoms with E-state index in [4.69, 9.17) is 4.74 Å². The number of nitrogens with one attached hydrogen (secondary N) is 3. The largest absolute Gasteiger partial charge is 0.495 e. The van der Waals surface area contributed by atoms with Gasteiger partial charge in [0.1, 0.15) is 17.5 Å². The molecule has 3 N–H and O–H groups in total. The van der Waals surface area contributed by atoms with Gasteiger partial charge in [0.2, 0.25) is 23.7 Å². The van der Waals surface area contributed by atoms with Crippen molar-refractivity contribution >= 4 is 64.5 Å². The highest BCUT2D eigenvalue weighted by Crippen LogP contribution is 2.40. The quantitative estimate of drug-likeness (QED) is 0.216. The van der Waals surface area contributed by atoms with Crippen LogP contribution in [0.4, 0.5) is 31.9 Å². The fourth-order valence-corrected chi connectivity index (χ4v) is 10.6. The third-order valence-corrected chi connectivity index (χ3v) is 14.5. The molecule has 1 aromatic heterocycles. The minimum atomic E-state index is -3.60. The molecular formula is C48H56F2N10O8. The molecular weight excluding hydrogens is 883 g/mol. The van der Waals surface area contributed by atoms with Gasteiger partial charge in [-0.15, -0.1) is 0 Å². The molecule has 0 radical (unpaired) electrons. The number of piperidine rings is 3. The Balaban J connectivity index is 0.729. The van der Waals surface area contributed by atoms with Crippen molar-refractivity contribution in [2.24, 2.45) is 5.92 Å². The summed E-state index contributed by atoms with van der Waals surface area (Å²) in [6, 6.07) is 8.76. The van der Waals surface area contributed by atoms with Crippen LogP contribution in [-0.2, 0) is 25.7 Å². The molecule has 1 unspecified atom stereocenters. The number of methoxy groups -OCH3 is 1. The molecule has 20 heteroatoms. The van der Waals surface area contributed by atoms with E-state index in [1.165, 1.54) is 25.3 Å². The third-order valence-electron chi connectivity index (χ3n) is 14.5. The van der Waals surface area contributed by atoms with E-state index in [1.54, 1.807) is 30.3 Å². The van der Waals surface area contributed by atoms with Gasteiger partial charge in [-0.2, -0.15) is 13.8 Å². The monoisotopic (exact) mass is 938 g/mol. The van der Waals surface area contributed by atoms with Gasteiger partial charge in [-0.1, -0.05) is 25.0 Å². The number of halogens is 2. The van der Waals surface area contributed by atoms with E-state index in [0.29, 0.717) is 80.2 Å². The average Bonchev–Trinajstić information content (AvgIpc) is 3.95. The maximum atomic E-state index is 15.1. The number of likely N-dealkylation sites (tertiary alicyclic amines) is 2. The van der Waals surface area contributed by atoms with Crippen LogP contribution < -0.4 is 30.5 Å². The van der Waals surface area contributed by atoms with Crippen LogP contribution in [0.25, 0.3) is 0 Å². The Labute approximate surface area is 392 Å². The Kier molecular flexibility index (Phi) is 13.1. The number of imide groups is 2. The van der Waals surface area contributed by atoms with Gasteiger partial charge in [0.15, 0.2) is 5.82 Å². The number of fused-ring (bicyclic) bond motifs is 2. The molecule has 68 heavy (non-hydrogen) atoms. The lowest BCUT2D eigenvalue weighted by molar-refractivity contribution is -0.140. The van der Waals surface area contributed by atoms with Crippen molar-refractivity contribution in [3.8, 4) is 5.75 Å². The van der Waals surface area contributed by atoms with E-state index in [9.17, 15) is 33.6 Å². The number of aromatic nitrogens is 2. The van der Waals surface area contributed by atoms with Crippen LogP contribution in [0.3, 0.4) is 0 Å². The number of hydrogen-bond acceptors (Lipinski definition) is 13. The summed E-state index contributed by atoms with van der Waals surface area (Å²) in [4.78, 5) is 107. The van der Waals surface area contributed by atoms with Crippen molar-refractivity contribution < 1.29 is 47.1 Å². The molecule has 5 aliphatic heterocycles. The first-order chi connectivity index (χ1) is 32.7. The minimum Gasteiger partial charge on any atom is -0.495 e. The zero-order valence-electron chi connectivity index (χ0n) is 38.2. The molecule has 6 heterocycles. The standard InChI is InChI=1S/C48H56F2N10O8/c1-56-36-25-51-47(55-41(36)59(32-7-3-4-8-32)27-48(49,50)46(56)67)53-34-12-11-29(24-37(34)68-2)42(63)52-31-18-22-58(23-19-31)39(62)15-10-28-16-20-57(21-17-28)26-30-6-5-9-33-40(30)45(66)60(44(33)65)35-13-14-38(61)54-43(35)64/h5-6,9,11-12,24-25,28,31-32,35H,3-4,7-8,10,13-23,26-27H2,1-2H3,(H,52,63)(H,51,53,55)(H,54,61,64). The molecule has 6 aliphatic rings. The Hall–Kier alpha value is -6.57. The molecule has 7 amide bonds. The van der Waals surface area contributed by atoms with Crippen molar-refractivity contribution in [3.05, 3.63) is 64.8 Å². The van der Waals surface area contributed by atoms with E-state index in [2.05, 4.69) is 30.8 Å². The van der Waals surface area contributed by atoms with Crippen molar-refractivity contribution in [1.29, 1.82) is 0 Å². The fraction of sp³-hybridized carbons (Fsp3) is 0.521. The maximum absolute atomic E-state index is 15.1. The zero-order chi connectivity index (χ0) is 47.9. The minimum absolute atomic E-state index is 0.0602. The van der Waals surface area contributed by atoms with Gasteiger partial charge in [-0.3, -0.25) is 48.7 Å². The second-order valence-corrected chi connectivity index (χ2v) is 18.8. The van der Waals surface area contributed by atoms with E-state index >= 15 is 8.78 Å². The van der Waals surface area contributed by atoms with Gasteiger partial charge < -0.3 is 30.1 Å².